The van der Waals surface area contributed by atoms with Crippen molar-refractivity contribution in [3.8, 4) is 0 Å². The van der Waals surface area contributed by atoms with Gasteiger partial charge in [0.15, 0.2) is 5.82 Å². The number of fused-ring (bicyclic) bond motifs is 1. The lowest BCUT2D eigenvalue weighted by Crippen LogP contribution is -2.28. The molecule has 3 aromatic rings. The van der Waals surface area contributed by atoms with Crippen molar-refractivity contribution in [2.75, 3.05) is 29.0 Å². The van der Waals surface area contributed by atoms with E-state index in [2.05, 4.69) is 56.4 Å². The first kappa shape index (κ1) is 23.6. The number of rotatable bonds is 6. The van der Waals surface area contributed by atoms with Crippen LogP contribution in [0.4, 0.5) is 23.1 Å². The molecule has 4 N–H and O–H groups in total. The van der Waals surface area contributed by atoms with Crippen molar-refractivity contribution in [1.82, 2.24) is 15.3 Å². The number of carbonyl (C=O) groups excluding carboxylic acids is 1. The van der Waals surface area contributed by atoms with Gasteiger partial charge < -0.3 is 21.3 Å². The highest BCUT2D eigenvalue weighted by Gasteiger charge is 2.39. The van der Waals surface area contributed by atoms with Crippen LogP contribution < -0.4 is 21.3 Å². The van der Waals surface area contributed by atoms with Crippen LogP contribution in [0.5, 0.6) is 0 Å². The number of amides is 1. The highest BCUT2D eigenvalue weighted by Crippen LogP contribution is 2.40. The maximum Gasteiger partial charge on any atom is 0.234 e. The minimum Gasteiger partial charge on any atom is -0.365 e. The number of benzene rings is 2. The van der Waals surface area contributed by atoms with Gasteiger partial charge in [-0.1, -0.05) is 35.9 Å². The summed E-state index contributed by atoms with van der Waals surface area (Å²) in [6.07, 6.45) is 4.04. The average Bonchev–Trinajstić information content (AvgIpc) is 3.09. The molecule has 7 nitrogen and oxygen atoms in total. The zero-order valence-electron chi connectivity index (χ0n) is 20.3. The lowest BCUT2D eigenvalue weighted by Gasteiger charge is -2.24. The SMILES string of the molecule is Cc1cc(C2CCCNC2)ccc1Nc1ncc(Cl)c(NCc2cccc3c2C(C)(C)C(=O)N3)n1. The summed E-state index contributed by atoms with van der Waals surface area (Å²) < 4.78 is 0. The molecule has 2 aliphatic heterocycles. The van der Waals surface area contributed by atoms with Gasteiger partial charge in [-0.3, -0.25) is 4.79 Å². The predicted octanol–water partition coefficient (Wildman–Crippen LogP) is 5.49. The van der Waals surface area contributed by atoms with Gasteiger partial charge in [-0.15, -0.1) is 0 Å². The van der Waals surface area contributed by atoms with Crippen molar-refractivity contribution in [1.29, 1.82) is 0 Å². The molecule has 0 aliphatic carbocycles. The maximum atomic E-state index is 12.4. The van der Waals surface area contributed by atoms with Crippen LogP contribution in [0.25, 0.3) is 0 Å². The van der Waals surface area contributed by atoms with Crippen LogP contribution in [-0.2, 0) is 16.8 Å². The van der Waals surface area contributed by atoms with E-state index < -0.39 is 5.41 Å². The number of piperidine rings is 1. The fraction of sp³-hybridized carbons (Fsp3) is 0.370. The molecule has 1 saturated heterocycles. The van der Waals surface area contributed by atoms with E-state index in [1.165, 1.54) is 18.4 Å². The highest BCUT2D eigenvalue weighted by molar-refractivity contribution is 6.32. The van der Waals surface area contributed by atoms with Gasteiger partial charge in [0, 0.05) is 24.5 Å². The molecule has 35 heavy (non-hydrogen) atoms. The number of hydrogen-bond donors (Lipinski definition) is 4. The monoisotopic (exact) mass is 490 g/mol. The van der Waals surface area contributed by atoms with E-state index in [-0.39, 0.29) is 5.91 Å². The Morgan fingerprint density at radius 1 is 1.23 bits per heavy atom. The van der Waals surface area contributed by atoms with Crippen LogP contribution in [0.3, 0.4) is 0 Å². The van der Waals surface area contributed by atoms with E-state index >= 15 is 0 Å². The lowest BCUT2D eigenvalue weighted by atomic mass is 9.83. The van der Waals surface area contributed by atoms with Gasteiger partial charge in [0.25, 0.3) is 0 Å². The molecule has 0 spiro atoms. The second-order valence-corrected chi connectivity index (χ2v) is 10.3. The van der Waals surface area contributed by atoms with Gasteiger partial charge in [-0.25, -0.2) is 4.98 Å². The molecular formula is C27H31ClN6O. The molecule has 8 heteroatoms. The molecule has 1 fully saturated rings. The first-order chi connectivity index (χ1) is 16.8. The van der Waals surface area contributed by atoms with Crippen LogP contribution >= 0.6 is 11.6 Å². The van der Waals surface area contributed by atoms with Gasteiger partial charge >= 0.3 is 0 Å². The van der Waals surface area contributed by atoms with Gasteiger partial charge in [-0.2, -0.15) is 4.98 Å². The second-order valence-electron chi connectivity index (χ2n) is 9.91. The Balaban J connectivity index is 1.32. The topological polar surface area (TPSA) is 91.0 Å². The molecule has 1 unspecified atom stereocenters. The summed E-state index contributed by atoms with van der Waals surface area (Å²) in [5, 5.41) is 13.6. The molecule has 5 rings (SSSR count). The summed E-state index contributed by atoms with van der Waals surface area (Å²) in [5.41, 5.74) is 5.79. The number of halogens is 1. The van der Waals surface area contributed by atoms with E-state index in [0.29, 0.717) is 29.3 Å². The third-order valence-electron chi connectivity index (χ3n) is 7.05. The molecule has 2 aliphatic rings. The number of nitrogens with one attached hydrogen (secondary N) is 4. The number of anilines is 4. The van der Waals surface area contributed by atoms with Crippen LogP contribution in [0.15, 0.2) is 42.6 Å². The normalized spacial score (nSPS) is 18.6. The molecule has 0 saturated carbocycles. The third kappa shape index (κ3) is 4.70. The van der Waals surface area contributed by atoms with Crippen LogP contribution in [0.1, 0.15) is 54.9 Å². The van der Waals surface area contributed by atoms with Crippen molar-refractivity contribution in [3.63, 3.8) is 0 Å². The van der Waals surface area contributed by atoms with E-state index in [9.17, 15) is 4.79 Å². The molecule has 1 aromatic heterocycles. The third-order valence-corrected chi connectivity index (χ3v) is 7.32. The van der Waals surface area contributed by atoms with Crippen LogP contribution in [-0.4, -0.2) is 29.0 Å². The molecule has 3 heterocycles. The van der Waals surface area contributed by atoms with Crippen molar-refractivity contribution in [2.45, 2.75) is 51.5 Å². The molecule has 0 bridgehead atoms. The quantitative estimate of drug-likeness (QED) is 0.365. The Hall–Kier alpha value is -3.16. The number of aryl methyl sites for hydroxylation is 1. The van der Waals surface area contributed by atoms with Crippen LogP contribution in [0.2, 0.25) is 5.02 Å². The van der Waals surface area contributed by atoms with Gasteiger partial charge in [0.05, 0.1) is 11.6 Å². The summed E-state index contributed by atoms with van der Waals surface area (Å²) in [5.74, 6) is 1.59. The van der Waals surface area contributed by atoms with Gasteiger partial charge in [0.1, 0.15) is 5.02 Å². The number of carbonyl (C=O) groups is 1. The molecule has 1 amide bonds. The summed E-state index contributed by atoms with van der Waals surface area (Å²) in [7, 11) is 0. The fourth-order valence-electron chi connectivity index (χ4n) is 5.05. The maximum absolute atomic E-state index is 12.4. The van der Waals surface area contributed by atoms with Gasteiger partial charge in [0.2, 0.25) is 11.9 Å². The Morgan fingerprint density at radius 2 is 2.09 bits per heavy atom. The largest absolute Gasteiger partial charge is 0.365 e. The fourth-order valence-corrected chi connectivity index (χ4v) is 5.21. The second kappa shape index (κ2) is 9.47. The van der Waals surface area contributed by atoms with Gasteiger partial charge in [-0.05, 0) is 80.5 Å². The standard InChI is InChI=1S/C27H31ClN6O/c1-16-12-17(18-7-5-11-29-13-18)9-10-21(16)33-26-31-15-20(28)24(34-26)30-14-19-6-4-8-22-23(19)27(2,3)25(35)32-22/h4,6,8-10,12,15,18,29H,5,7,11,13-14H2,1-3H3,(H,32,35)(H2,30,31,33,34). The van der Waals surface area contributed by atoms with E-state index in [0.717, 1.165) is 41.2 Å². The highest BCUT2D eigenvalue weighted by atomic mass is 35.5. The average molecular weight is 491 g/mol. The number of nitrogens with zero attached hydrogens (tertiary/aromatic N) is 2. The Bertz CT molecular complexity index is 1270. The van der Waals surface area contributed by atoms with Crippen molar-refractivity contribution in [3.05, 3.63) is 69.9 Å². The molecule has 0 radical (unpaired) electrons. The Labute approximate surface area is 211 Å². The lowest BCUT2D eigenvalue weighted by molar-refractivity contribution is -0.119. The molecule has 182 valence electrons. The first-order valence-electron chi connectivity index (χ1n) is 12.1. The van der Waals surface area contributed by atoms with Crippen molar-refractivity contribution >= 4 is 40.6 Å². The number of hydrogen-bond acceptors (Lipinski definition) is 6. The first-order valence-corrected chi connectivity index (χ1v) is 12.5. The van der Waals surface area contributed by atoms with Crippen LogP contribution in [0, 0.1) is 6.92 Å². The molecular weight excluding hydrogens is 460 g/mol. The Kier molecular flexibility index (Phi) is 6.38. The molecule has 2 aromatic carbocycles. The number of aromatic nitrogens is 2. The molecule has 1 atom stereocenters. The summed E-state index contributed by atoms with van der Waals surface area (Å²) in [6.45, 7) is 8.61. The minimum atomic E-state index is -0.590. The zero-order chi connectivity index (χ0) is 24.6. The van der Waals surface area contributed by atoms with E-state index in [1.54, 1.807) is 6.20 Å². The summed E-state index contributed by atoms with van der Waals surface area (Å²) >= 11 is 6.41. The van der Waals surface area contributed by atoms with Crippen molar-refractivity contribution in [2.24, 2.45) is 0 Å². The van der Waals surface area contributed by atoms with E-state index in [4.69, 9.17) is 11.6 Å². The summed E-state index contributed by atoms with van der Waals surface area (Å²) in [4.78, 5) is 21.4. The Morgan fingerprint density at radius 3 is 2.86 bits per heavy atom. The van der Waals surface area contributed by atoms with E-state index in [1.807, 2.05) is 32.0 Å². The summed E-state index contributed by atoms with van der Waals surface area (Å²) in [6, 6.07) is 12.4. The zero-order valence-corrected chi connectivity index (χ0v) is 21.1. The smallest absolute Gasteiger partial charge is 0.234 e. The van der Waals surface area contributed by atoms with Crippen molar-refractivity contribution < 1.29 is 4.79 Å². The minimum absolute atomic E-state index is 0.00708. The predicted molar refractivity (Wildman–Crippen MR) is 142 cm³/mol.